The number of aliphatic hydroxyl groups excluding tert-OH is 1. The van der Waals surface area contributed by atoms with Gasteiger partial charge in [-0.1, -0.05) is 6.92 Å². The van der Waals surface area contributed by atoms with Crippen LogP contribution in [0.3, 0.4) is 0 Å². The average molecular weight is 293 g/mol. The number of thioether (sulfide) groups is 1. The molecule has 0 spiro atoms. The van der Waals surface area contributed by atoms with Crippen LogP contribution in [0.4, 0.5) is 4.79 Å². The number of hydrogen-bond acceptors (Lipinski definition) is 5. The molecular weight excluding hydrogens is 270 g/mol. The van der Waals surface area contributed by atoms with Gasteiger partial charge >= 0.3 is 12.1 Å². The molecule has 0 aromatic heterocycles. The fraction of sp³-hybridized carbons (Fsp3) is 0.833. The molecule has 0 aliphatic rings. The summed E-state index contributed by atoms with van der Waals surface area (Å²) in [4.78, 5) is 22.4. The summed E-state index contributed by atoms with van der Waals surface area (Å²) < 4.78 is 5.04. The van der Waals surface area contributed by atoms with E-state index >= 15 is 0 Å². The van der Waals surface area contributed by atoms with Crippen molar-refractivity contribution in [2.24, 2.45) is 0 Å². The number of aliphatic carboxylic acids is 1. The molecular formula is C12H23NO5S. The Bertz CT molecular complexity index is 303. The van der Waals surface area contributed by atoms with E-state index in [1.165, 1.54) is 0 Å². The van der Waals surface area contributed by atoms with E-state index in [1.54, 1.807) is 32.5 Å². The highest BCUT2D eigenvalue weighted by molar-refractivity contribution is 7.99. The lowest BCUT2D eigenvalue weighted by atomic mass is 10.1. The van der Waals surface area contributed by atoms with E-state index in [2.05, 4.69) is 5.32 Å². The van der Waals surface area contributed by atoms with Gasteiger partial charge in [0.05, 0.1) is 6.04 Å². The highest BCUT2D eigenvalue weighted by Crippen LogP contribution is 2.10. The van der Waals surface area contributed by atoms with Gasteiger partial charge in [-0.25, -0.2) is 9.59 Å². The van der Waals surface area contributed by atoms with Gasteiger partial charge in [0.25, 0.3) is 0 Å². The molecule has 0 rings (SSSR count). The molecule has 0 bridgehead atoms. The smallest absolute Gasteiger partial charge is 0.407 e. The van der Waals surface area contributed by atoms with Crippen molar-refractivity contribution in [3.63, 3.8) is 0 Å². The van der Waals surface area contributed by atoms with Crippen molar-refractivity contribution in [2.75, 3.05) is 11.5 Å². The number of nitrogens with one attached hydrogen (secondary N) is 1. The number of carbonyl (C=O) groups excluding carboxylic acids is 1. The van der Waals surface area contributed by atoms with Crippen LogP contribution in [0, 0.1) is 0 Å². The molecule has 1 amide bonds. The van der Waals surface area contributed by atoms with Crippen molar-refractivity contribution >= 4 is 23.8 Å². The molecule has 7 heteroatoms. The number of amides is 1. The van der Waals surface area contributed by atoms with Gasteiger partial charge in [-0.05, 0) is 38.7 Å². The molecule has 1 unspecified atom stereocenters. The minimum absolute atomic E-state index is 0.366. The molecule has 112 valence electrons. The zero-order valence-electron chi connectivity index (χ0n) is 11.8. The van der Waals surface area contributed by atoms with E-state index in [1.807, 2.05) is 6.92 Å². The first-order valence-electron chi connectivity index (χ1n) is 6.15. The number of hydrogen-bond donors (Lipinski definition) is 3. The van der Waals surface area contributed by atoms with Crippen molar-refractivity contribution in [1.29, 1.82) is 0 Å². The number of rotatable bonds is 7. The van der Waals surface area contributed by atoms with Crippen molar-refractivity contribution in [3.8, 4) is 0 Å². The molecule has 19 heavy (non-hydrogen) atoms. The maximum Gasteiger partial charge on any atom is 0.407 e. The molecule has 2 atom stereocenters. The average Bonchev–Trinajstić information content (AvgIpc) is 2.24. The fourth-order valence-corrected chi connectivity index (χ4v) is 2.00. The highest BCUT2D eigenvalue weighted by atomic mass is 32.2. The van der Waals surface area contributed by atoms with Gasteiger partial charge in [-0.2, -0.15) is 11.8 Å². The number of carboxylic acid groups (broad SMARTS) is 1. The van der Waals surface area contributed by atoms with E-state index in [-0.39, 0.29) is 0 Å². The number of carboxylic acids is 1. The van der Waals surface area contributed by atoms with Crippen LogP contribution in [0.5, 0.6) is 0 Å². The van der Waals surface area contributed by atoms with Crippen LogP contribution in [0.15, 0.2) is 0 Å². The van der Waals surface area contributed by atoms with Crippen molar-refractivity contribution < 1.29 is 24.5 Å². The first-order chi connectivity index (χ1) is 8.67. The fourth-order valence-electron chi connectivity index (χ4n) is 1.29. The van der Waals surface area contributed by atoms with Crippen molar-refractivity contribution in [2.45, 2.75) is 51.9 Å². The quantitative estimate of drug-likeness (QED) is 0.615. The van der Waals surface area contributed by atoms with E-state index < -0.39 is 29.8 Å². The van der Waals surface area contributed by atoms with Crippen LogP contribution in [-0.2, 0) is 9.53 Å². The summed E-state index contributed by atoms with van der Waals surface area (Å²) >= 11 is 1.61. The predicted octanol–water partition coefficient (Wildman–Crippen LogP) is 1.47. The maximum absolute atomic E-state index is 11.6. The van der Waals surface area contributed by atoms with Crippen molar-refractivity contribution in [1.82, 2.24) is 5.32 Å². The normalized spacial score (nSPS) is 14.6. The monoisotopic (exact) mass is 293 g/mol. The topological polar surface area (TPSA) is 95.9 Å². The Morgan fingerprint density at radius 2 is 1.95 bits per heavy atom. The lowest BCUT2D eigenvalue weighted by molar-refractivity contribution is -0.148. The third-order valence-electron chi connectivity index (χ3n) is 2.11. The first kappa shape index (κ1) is 18.0. The van der Waals surface area contributed by atoms with E-state index in [0.29, 0.717) is 12.2 Å². The SMILES string of the molecule is CCSCC[C@@H](NC(=O)OC(C)(C)C)C(O)C(=O)O. The number of aliphatic hydroxyl groups is 1. The summed E-state index contributed by atoms with van der Waals surface area (Å²) in [5.74, 6) is 0.187. The summed E-state index contributed by atoms with van der Waals surface area (Å²) in [6.45, 7) is 7.11. The maximum atomic E-state index is 11.6. The zero-order valence-corrected chi connectivity index (χ0v) is 12.6. The van der Waals surface area contributed by atoms with Gasteiger partial charge in [0.1, 0.15) is 5.60 Å². The molecule has 0 aliphatic carbocycles. The molecule has 0 fully saturated rings. The highest BCUT2D eigenvalue weighted by Gasteiger charge is 2.28. The Hall–Kier alpha value is -0.950. The van der Waals surface area contributed by atoms with Crippen LogP contribution >= 0.6 is 11.8 Å². The van der Waals surface area contributed by atoms with Crippen molar-refractivity contribution in [3.05, 3.63) is 0 Å². The van der Waals surface area contributed by atoms with Crippen LogP contribution in [0.2, 0.25) is 0 Å². The van der Waals surface area contributed by atoms with Gasteiger partial charge < -0.3 is 20.3 Å². The van der Waals surface area contributed by atoms with Crippen LogP contribution in [-0.4, -0.2) is 51.5 Å². The second-order valence-electron chi connectivity index (χ2n) is 5.02. The standard InChI is InChI=1S/C12H23NO5S/c1-5-19-7-6-8(9(14)10(15)16)13-11(17)18-12(2,3)4/h8-9,14H,5-7H2,1-4H3,(H,13,17)(H,15,16)/t8-,9?/m1/s1. The summed E-state index contributed by atoms with van der Waals surface area (Å²) in [7, 11) is 0. The van der Waals surface area contributed by atoms with Gasteiger partial charge in [0, 0.05) is 0 Å². The third-order valence-corrected chi connectivity index (χ3v) is 3.05. The third kappa shape index (κ3) is 8.72. The minimum Gasteiger partial charge on any atom is -0.479 e. The van der Waals surface area contributed by atoms with Gasteiger partial charge in [-0.3, -0.25) is 0 Å². The predicted molar refractivity (Wildman–Crippen MR) is 74.4 cm³/mol. The van der Waals surface area contributed by atoms with Gasteiger partial charge in [-0.15, -0.1) is 0 Å². The molecule has 3 N–H and O–H groups in total. The largest absolute Gasteiger partial charge is 0.479 e. The molecule has 0 aliphatic heterocycles. The van der Waals surface area contributed by atoms with E-state index in [0.717, 1.165) is 5.75 Å². The Morgan fingerprint density at radius 3 is 2.37 bits per heavy atom. The lowest BCUT2D eigenvalue weighted by Crippen LogP contribution is -2.48. The molecule has 0 aromatic carbocycles. The molecule has 6 nitrogen and oxygen atoms in total. The Morgan fingerprint density at radius 1 is 1.37 bits per heavy atom. The molecule has 0 heterocycles. The molecule has 0 saturated carbocycles. The van der Waals surface area contributed by atoms with Crippen LogP contribution < -0.4 is 5.32 Å². The second kappa shape index (κ2) is 8.27. The lowest BCUT2D eigenvalue weighted by Gasteiger charge is -2.25. The molecule has 0 radical (unpaired) electrons. The van der Waals surface area contributed by atoms with E-state index in [4.69, 9.17) is 9.84 Å². The molecule has 0 aromatic rings. The Kier molecular flexibility index (Phi) is 7.85. The summed E-state index contributed by atoms with van der Waals surface area (Å²) in [5.41, 5.74) is -0.666. The number of ether oxygens (including phenoxy) is 1. The zero-order chi connectivity index (χ0) is 15.1. The number of carbonyl (C=O) groups is 2. The van der Waals surface area contributed by atoms with Crippen LogP contribution in [0.1, 0.15) is 34.1 Å². The Labute approximate surface area is 117 Å². The van der Waals surface area contributed by atoms with Crippen LogP contribution in [0.25, 0.3) is 0 Å². The summed E-state index contributed by atoms with van der Waals surface area (Å²) in [5, 5.41) is 20.8. The second-order valence-corrected chi connectivity index (χ2v) is 6.42. The summed E-state index contributed by atoms with van der Waals surface area (Å²) in [6.07, 6.45) is -1.99. The van der Waals surface area contributed by atoms with Gasteiger partial charge in [0.15, 0.2) is 6.10 Å². The summed E-state index contributed by atoms with van der Waals surface area (Å²) in [6, 6.07) is -0.855. The van der Waals surface area contributed by atoms with Gasteiger partial charge in [0.2, 0.25) is 0 Å². The number of alkyl carbamates (subject to hydrolysis) is 1. The first-order valence-corrected chi connectivity index (χ1v) is 7.31. The van der Waals surface area contributed by atoms with E-state index in [9.17, 15) is 14.7 Å². The minimum atomic E-state index is -1.63. The Balaban J connectivity index is 4.48. The molecule has 0 saturated heterocycles.